The number of carbonyl (C=O) groups is 1. The molecule has 1 amide bonds. The molecule has 6 heteroatoms. The second kappa shape index (κ2) is 7.72. The Balaban J connectivity index is 1.58. The van der Waals surface area contributed by atoms with Gasteiger partial charge in [0, 0.05) is 37.2 Å². The quantitative estimate of drug-likeness (QED) is 0.748. The van der Waals surface area contributed by atoms with Crippen LogP contribution in [0, 0.1) is 0 Å². The standard InChI is InChI=1S/C21H22N2O4/c1-25-13-10-23-9-8-16-17(4-2-5-18(16)23)22-21(24)15-6-7-19-20(14-15)27-12-3-11-26-19/h2,4-9,14H,3,10-13H2,1H3,(H,22,24). The minimum absolute atomic E-state index is 0.178. The van der Waals surface area contributed by atoms with Crippen molar-refractivity contribution >= 4 is 22.5 Å². The molecule has 1 aromatic heterocycles. The fourth-order valence-electron chi connectivity index (χ4n) is 3.22. The summed E-state index contributed by atoms with van der Waals surface area (Å²) in [4.78, 5) is 12.8. The fourth-order valence-corrected chi connectivity index (χ4v) is 3.22. The van der Waals surface area contributed by atoms with Crippen LogP contribution in [0.2, 0.25) is 0 Å². The van der Waals surface area contributed by atoms with E-state index in [1.807, 2.05) is 30.5 Å². The van der Waals surface area contributed by atoms with Gasteiger partial charge in [0.2, 0.25) is 0 Å². The van der Waals surface area contributed by atoms with E-state index in [9.17, 15) is 4.79 Å². The van der Waals surface area contributed by atoms with E-state index in [2.05, 4.69) is 9.88 Å². The molecule has 0 saturated carbocycles. The van der Waals surface area contributed by atoms with Gasteiger partial charge in [-0.3, -0.25) is 4.79 Å². The summed E-state index contributed by atoms with van der Waals surface area (Å²) in [6.45, 7) is 2.62. The lowest BCUT2D eigenvalue weighted by Gasteiger charge is -2.11. The Morgan fingerprint density at radius 1 is 1.15 bits per heavy atom. The van der Waals surface area contributed by atoms with Gasteiger partial charge in [-0.2, -0.15) is 0 Å². The minimum atomic E-state index is -0.178. The van der Waals surface area contributed by atoms with Crippen LogP contribution in [0.5, 0.6) is 11.5 Å². The molecule has 1 aliphatic rings. The maximum absolute atomic E-state index is 12.8. The molecule has 6 nitrogen and oxygen atoms in total. The number of hydrogen-bond acceptors (Lipinski definition) is 4. The minimum Gasteiger partial charge on any atom is -0.490 e. The van der Waals surface area contributed by atoms with Gasteiger partial charge in [-0.1, -0.05) is 6.07 Å². The number of aromatic nitrogens is 1. The Hall–Kier alpha value is -2.99. The molecular formula is C21H22N2O4. The molecule has 2 heterocycles. The number of amides is 1. The highest BCUT2D eigenvalue weighted by Gasteiger charge is 2.15. The second-order valence-corrected chi connectivity index (χ2v) is 6.41. The lowest BCUT2D eigenvalue weighted by Crippen LogP contribution is -2.12. The van der Waals surface area contributed by atoms with Crippen molar-refractivity contribution in [2.45, 2.75) is 13.0 Å². The monoisotopic (exact) mass is 366 g/mol. The molecule has 2 aromatic carbocycles. The van der Waals surface area contributed by atoms with Crippen molar-refractivity contribution in [2.24, 2.45) is 0 Å². The number of benzene rings is 2. The second-order valence-electron chi connectivity index (χ2n) is 6.41. The van der Waals surface area contributed by atoms with Crippen molar-refractivity contribution in [3.05, 3.63) is 54.2 Å². The van der Waals surface area contributed by atoms with Gasteiger partial charge in [-0.05, 0) is 36.4 Å². The summed E-state index contributed by atoms with van der Waals surface area (Å²) in [5, 5.41) is 4.01. The number of carbonyl (C=O) groups excluding carboxylic acids is 1. The molecule has 27 heavy (non-hydrogen) atoms. The van der Waals surface area contributed by atoms with Gasteiger partial charge in [0.05, 0.1) is 31.0 Å². The Morgan fingerprint density at radius 2 is 2.00 bits per heavy atom. The number of anilines is 1. The Morgan fingerprint density at radius 3 is 2.85 bits per heavy atom. The van der Waals surface area contributed by atoms with Gasteiger partial charge in [0.1, 0.15) is 0 Å². The van der Waals surface area contributed by atoms with E-state index < -0.39 is 0 Å². The van der Waals surface area contributed by atoms with Crippen LogP contribution in [-0.4, -0.2) is 37.4 Å². The number of nitrogens with one attached hydrogen (secondary N) is 1. The van der Waals surface area contributed by atoms with Crippen LogP contribution in [0.3, 0.4) is 0 Å². The van der Waals surface area contributed by atoms with Crippen LogP contribution in [-0.2, 0) is 11.3 Å². The molecule has 0 fully saturated rings. The molecule has 4 rings (SSSR count). The predicted octanol–water partition coefficient (Wildman–Crippen LogP) is 3.70. The van der Waals surface area contributed by atoms with Gasteiger partial charge in [-0.15, -0.1) is 0 Å². The van der Waals surface area contributed by atoms with E-state index >= 15 is 0 Å². The van der Waals surface area contributed by atoms with Gasteiger partial charge < -0.3 is 24.1 Å². The first-order valence-corrected chi connectivity index (χ1v) is 9.04. The fraction of sp³-hybridized carbons (Fsp3) is 0.286. The van der Waals surface area contributed by atoms with Crippen molar-refractivity contribution in [3.8, 4) is 11.5 Å². The van der Waals surface area contributed by atoms with Gasteiger partial charge in [0.25, 0.3) is 5.91 Å². The lowest BCUT2D eigenvalue weighted by molar-refractivity contribution is 0.102. The van der Waals surface area contributed by atoms with E-state index in [0.29, 0.717) is 36.9 Å². The third-order valence-corrected chi connectivity index (χ3v) is 4.61. The smallest absolute Gasteiger partial charge is 0.255 e. The highest BCUT2D eigenvalue weighted by molar-refractivity contribution is 6.09. The summed E-state index contributed by atoms with van der Waals surface area (Å²) in [6, 6.07) is 13.2. The zero-order valence-electron chi connectivity index (χ0n) is 15.2. The summed E-state index contributed by atoms with van der Waals surface area (Å²) in [5.41, 5.74) is 2.37. The van der Waals surface area contributed by atoms with Crippen LogP contribution >= 0.6 is 0 Å². The molecule has 0 bridgehead atoms. The van der Waals surface area contributed by atoms with Crippen molar-refractivity contribution in [3.63, 3.8) is 0 Å². The zero-order valence-corrected chi connectivity index (χ0v) is 15.2. The average molecular weight is 366 g/mol. The maximum atomic E-state index is 12.8. The zero-order chi connectivity index (χ0) is 18.6. The highest BCUT2D eigenvalue weighted by atomic mass is 16.5. The molecule has 0 aliphatic carbocycles. The largest absolute Gasteiger partial charge is 0.490 e. The first-order chi connectivity index (χ1) is 13.3. The number of hydrogen-bond donors (Lipinski definition) is 1. The van der Waals surface area contributed by atoms with Crippen LogP contribution in [0.1, 0.15) is 16.8 Å². The van der Waals surface area contributed by atoms with Crippen molar-refractivity contribution < 1.29 is 19.0 Å². The Labute approximate surface area is 157 Å². The molecule has 0 saturated heterocycles. The van der Waals surface area contributed by atoms with E-state index in [1.54, 1.807) is 25.3 Å². The molecule has 0 radical (unpaired) electrons. The van der Waals surface area contributed by atoms with E-state index in [1.165, 1.54) is 0 Å². The third-order valence-electron chi connectivity index (χ3n) is 4.61. The number of methoxy groups -OCH3 is 1. The van der Waals surface area contributed by atoms with Crippen LogP contribution in [0.4, 0.5) is 5.69 Å². The lowest BCUT2D eigenvalue weighted by atomic mass is 10.1. The Bertz CT molecular complexity index is 964. The molecule has 140 valence electrons. The number of ether oxygens (including phenoxy) is 3. The van der Waals surface area contributed by atoms with Gasteiger partial charge in [0.15, 0.2) is 11.5 Å². The summed E-state index contributed by atoms with van der Waals surface area (Å²) < 4.78 is 18.6. The van der Waals surface area contributed by atoms with Crippen molar-refractivity contribution in [2.75, 3.05) is 32.2 Å². The summed E-state index contributed by atoms with van der Waals surface area (Å²) in [7, 11) is 1.69. The molecular weight excluding hydrogens is 344 g/mol. The number of nitrogens with zero attached hydrogens (tertiary/aromatic N) is 1. The topological polar surface area (TPSA) is 61.7 Å². The van der Waals surface area contributed by atoms with E-state index in [4.69, 9.17) is 14.2 Å². The Kier molecular flexibility index (Phi) is 4.98. The average Bonchev–Trinajstić information content (AvgIpc) is 2.96. The molecule has 1 aliphatic heterocycles. The number of fused-ring (bicyclic) bond motifs is 2. The third kappa shape index (κ3) is 3.61. The first-order valence-electron chi connectivity index (χ1n) is 9.04. The van der Waals surface area contributed by atoms with Crippen molar-refractivity contribution in [1.29, 1.82) is 0 Å². The molecule has 0 atom stereocenters. The summed E-state index contributed by atoms with van der Waals surface area (Å²) in [6.07, 6.45) is 2.84. The van der Waals surface area contributed by atoms with Crippen LogP contribution in [0.15, 0.2) is 48.7 Å². The molecule has 3 aromatic rings. The van der Waals surface area contributed by atoms with Crippen molar-refractivity contribution in [1.82, 2.24) is 4.57 Å². The summed E-state index contributed by atoms with van der Waals surface area (Å²) >= 11 is 0. The number of rotatable bonds is 5. The van der Waals surface area contributed by atoms with Gasteiger partial charge >= 0.3 is 0 Å². The predicted molar refractivity (Wildman–Crippen MR) is 104 cm³/mol. The van der Waals surface area contributed by atoms with E-state index in [0.717, 1.165) is 29.6 Å². The van der Waals surface area contributed by atoms with Gasteiger partial charge in [-0.25, -0.2) is 0 Å². The molecule has 0 unspecified atom stereocenters. The molecule has 0 spiro atoms. The first kappa shape index (κ1) is 17.4. The maximum Gasteiger partial charge on any atom is 0.255 e. The van der Waals surface area contributed by atoms with E-state index in [-0.39, 0.29) is 5.91 Å². The van der Waals surface area contributed by atoms with Crippen LogP contribution < -0.4 is 14.8 Å². The normalized spacial score (nSPS) is 13.4. The SMILES string of the molecule is COCCn1ccc2c(NC(=O)c3ccc4c(c3)OCCCO4)cccc21. The summed E-state index contributed by atoms with van der Waals surface area (Å²) in [5.74, 6) is 1.12. The van der Waals surface area contributed by atoms with Crippen LogP contribution in [0.25, 0.3) is 10.9 Å². The molecule has 1 N–H and O–H groups in total. The highest BCUT2D eigenvalue weighted by Crippen LogP contribution is 2.31.